The van der Waals surface area contributed by atoms with Gasteiger partial charge >= 0.3 is 5.97 Å². The van der Waals surface area contributed by atoms with Crippen LogP contribution in [0.25, 0.3) is 0 Å². The van der Waals surface area contributed by atoms with Crippen molar-refractivity contribution in [3.8, 4) is 0 Å². The lowest BCUT2D eigenvalue weighted by Gasteiger charge is -1.99. The summed E-state index contributed by atoms with van der Waals surface area (Å²) in [4.78, 5) is 9.87. The summed E-state index contributed by atoms with van der Waals surface area (Å²) in [6, 6.07) is 0. The van der Waals surface area contributed by atoms with Crippen molar-refractivity contribution in [1.29, 1.82) is 0 Å². The van der Waals surface area contributed by atoms with E-state index in [9.17, 15) is 4.79 Å². The fraction of sp³-hybridized carbons (Fsp3) is 0.500. The number of carboxylic acids is 1. The molecule has 9 heavy (non-hydrogen) atoms. The van der Waals surface area contributed by atoms with Gasteiger partial charge in [-0.2, -0.15) is 0 Å². The van der Waals surface area contributed by atoms with Crippen molar-refractivity contribution in [3.05, 3.63) is 12.7 Å². The first-order valence-corrected chi connectivity index (χ1v) is 2.69. The van der Waals surface area contributed by atoms with E-state index in [1.54, 1.807) is 0 Å². The first-order chi connectivity index (χ1) is 4.16. The lowest BCUT2D eigenvalue weighted by molar-refractivity contribution is -0.137. The van der Waals surface area contributed by atoms with Crippen LogP contribution in [0.4, 0.5) is 0 Å². The van der Waals surface area contributed by atoms with Gasteiger partial charge in [-0.15, -0.1) is 6.58 Å². The predicted molar refractivity (Wildman–Crippen MR) is 33.1 cm³/mol. The molecule has 0 aliphatic carbocycles. The van der Waals surface area contributed by atoms with Gasteiger partial charge in [-0.25, -0.2) is 0 Å². The lowest BCUT2D eigenvalue weighted by atomic mass is 10.2. The van der Waals surface area contributed by atoms with Gasteiger partial charge in [0, 0.05) is 6.42 Å². The molecule has 0 bridgehead atoms. The second kappa shape index (κ2) is 4.09. The predicted octanol–water partition coefficient (Wildman–Crippen LogP) is 0.398. The standard InChI is InChI=1S/C6H10O3/c1-2-5(7)3-4-6(8)9/h2,5,7H,1,3-4H2,(H,8,9)/t5-/m0/s1. The van der Waals surface area contributed by atoms with E-state index in [1.807, 2.05) is 0 Å². The molecule has 0 amide bonds. The fourth-order valence-electron chi connectivity index (χ4n) is 0.389. The molecule has 0 aromatic heterocycles. The Balaban J connectivity index is 3.26. The molecule has 0 aromatic carbocycles. The quantitative estimate of drug-likeness (QED) is 0.541. The molecule has 0 spiro atoms. The Kier molecular flexibility index (Phi) is 3.71. The molecule has 1 atom stereocenters. The average molecular weight is 130 g/mol. The first-order valence-electron chi connectivity index (χ1n) is 2.69. The summed E-state index contributed by atoms with van der Waals surface area (Å²) in [5.74, 6) is -0.893. The van der Waals surface area contributed by atoms with Gasteiger partial charge in [0.2, 0.25) is 0 Å². The van der Waals surface area contributed by atoms with Crippen molar-refractivity contribution in [2.45, 2.75) is 18.9 Å². The van der Waals surface area contributed by atoms with Crippen molar-refractivity contribution in [2.75, 3.05) is 0 Å². The third kappa shape index (κ3) is 5.03. The molecule has 0 unspecified atom stereocenters. The summed E-state index contributed by atoms with van der Waals surface area (Å²) in [5.41, 5.74) is 0. The maximum Gasteiger partial charge on any atom is 0.303 e. The van der Waals surface area contributed by atoms with Gasteiger partial charge < -0.3 is 10.2 Å². The summed E-state index contributed by atoms with van der Waals surface area (Å²) in [7, 11) is 0. The van der Waals surface area contributed by atoms with Crippen LogP contribution >= 0.6 is 0 Å². The van der Waals surface area contributed by atoms with Crippen molar-refractivity contribution in [2.24, 2.45) is 0 Å². The Labute approximate surface area is 53.6 Å². The third-order valence-electron chi connectivity index (χ3n) is 0.926. The zero-order valence-electron chi connectivity index (χ0n) is 5.08. The summed E-state index contributed by atoms with van der Waals surface area (Å²) in [6.45, 7) is 3.30. The number of aliphatic carboxylic acids is 1. The van der Waals surface area contributed by atoms with Gasteiger partial charge in [0.1, 0.15) is 0 Å². The Bertz CT molecular complexity index is 109. The van der Waals surface area contributed by atoms with Gasteiger partial charge in [0.05, 0.1) is 6.10 Å². The van der Waals surface area contributed by atoms with E-state index < -0.39 is 12.1 Å². The van der Waals surface area contributed by atoms with E-state index in [-0.39, 0.29) is 12.8 Å². The minimum absolute atomic E-state index is 0.00676. The first kappa shape index (κ1) is 8.17. The van der Waals surface area contributed by atoms with Crippen LogP contribution in [0, 0.1) is 0 Å². The lowest BCUT2D eigenvalue weighted by Crippen LogP contribution is -2.05. The molecule has 0 aromatic rings. The highest BCUT2D eigenvalue weighted by Gasteiger charge is 2.01. The SMILES string of the molecule is C=C[C@H](O)CCC(=O)O. The molecule has 0 saturated carbocycles. The van der Waals surface area contributed by atoms with Crippen molar-refractivity contribution in [1.82, 2.24) is 0 Å². The van der Waals surface area contributed by atoms with Gasteiger partial charge in [0.25, 0.3) is 0 Å². The second-order valence-corrected chi connectivity index (χ2v) is 1.74. The maximum atomic E-state index is 9.87. The van der Waals surface area contributed by atoms with E-state index in [1.165, 1.54) is 6.08 Å². The van der Waals surface area contributed by atoms with Crippen molar-refractivity contribution in [3.63, 3.8) is 0 Å². The van der Waals surface area contributed by atoms with Gasteiger partial charge in [-0.1, -0.05) is 6.08 Å². The molecule has 0 aliphatic rings. The average Bonchev–Trinajstić information content (AvgIpc) is 1.83. The number of hydrogen-bond acceptors (Lipinski definition) is 2. The number of rotatable bonds is 4. The zero-order chi connectivity index (χ0) is 7.28. The summed E-state index contributed by atoms with van der Waals surface area (Å²) in [5, 5.41) is 16.8. The third-order valence-corrected chi connectivity index (χ3v) is 0.926. The Morgan fingerprint density at radius 2 is 2.33 bits per heavy atom. The minimum atomic E-state index is -0.893. The highest BCUT2D eigenvalue weighted by molar-refractivity contribution is 5.66. The highest BCUT2D eigenvalue weighted by Crippen LogP contribution is 1.96. The van der Waals surface area contributed by atoms with Crippen LogP contribution in [0.2, 0.25) is 0 Å². The maximum absolute atomic E-state index is 9.87. The second-order valence-electron chi connectivity index (χ2n) is 1.74. The Morgan fingerprint density at radius 3 is 2.67 bits per heavy atom. The Hall–Kier alpha value is -0.830. The number of carbonyl (C=O) groups is 1. The van der Waals surface area contributed by atoms with Crippen LogP contribution < -0.4 is 0 Å². The summed E-state index contributed by atoms with van der Waals surface area (Å²) in [6.07, 6.45) is 0.885. The van der Waals surface area contributed by atoms with E-state index >= 15 is 0 Å². The van der Waals surface area contributed by atoms with Crippen molar-refractivity contribution < 1.29 is 15.0 Å². The number of carboxylic acid groups (broad SMARTS) is 1. The Morgan fingerprint density at radius 1 is 1.78 bits per heavy atom. The molecule has 0 saturated heterocycles. The normalized spacial score (nSPS) is 12.6. The fourth-order valence-corrected chi connectivity index (χ4v) is 0.389. The summed E-state index contributed by atoms with van der Waals surface area (Å²) < 4.78 is 0. The van der Waals surface area contributed by atoms with Crippen LogP contribution in [0.3, 0.4) is 0 Å². The highest BCUT2D eigenvalue weighted by atomic mass is 16.4. The molecule has 0 rings (SSSR count). The number of hydrogen-bond donors (Lipinski definition) is 2. The van der Waals surface area contributed by atoms with Crippen LogP contribution in [0.15, 0.2) is 12.7 Å². The van der Waals surface area contributed by atoms with E-state index in [4.69, 9.17) is 10.2 Å². The molecule has 0 fully saturated rings. The summed E-state index contributed by atoms with van der Waals surface area (Å²) >= 11 is 0. The molecule has 0 heterocycles. The van der Waals surface area contributed by atoms with Gasteiger partial charge in [0.15, 0.2) is 0 Å². The molecule has 0 radical (unpaired) electrons. The van der Waals surface area contributed by atoms with Crippen LogP contribution in [0.1, 0.15) is 12.8 Å². The molecule has 0 aliphatic heterocycles. The molecule has 2 N–H and O–H groups in total. The molecule has 3 heteroatoms. The van der Waals surface area contributed by atoms with Crippen molar-refractivity contribution >= 4 is 5.97 Å². The largest absolute Gasteiger partial charge is 0.481 e. The van der Waals surface area contributed by atoms with Gasteiger partial charge in [-0.3, -0.25) is 4.79 Å². The molecule has 52 valence electrons. The van der Waals surface area contributed by atoms with Crippen LogP contribution in [-0.4, -0.2) is 22.3 Å². The van der Waals surface area contributed by atoms with Gasteiger partial charge in [-0.05, 0) is 6.42 Å². The zero-order valence-corrected chi connectivity index (χ0v) is 5.08. The molecule has 3 nitrogen and oxygen atoms in total. The topological polar surface area (TPSA) is 57.5 Å². The minimum Gasteiger partial charge on any atom is -0.481 e. The van der Waals surface area contributed by atoms with E-state index in [0.29, 0.717) is 0 Å². The molecular weight excluding hydrogens is 120 g/mol. The molecular formula is C6H10O3. The van der Waals surface area contributed by atoms with Crippen LogP contribution in [-0.2, 0) is 4.79 Å². The van der Waals surface area contributed by atoms with E-state index in [0.717, 1.165) is 0 Å². The smallest absolute Gasteiger partial charge is 0.303 e. The van der Waals surface area contributed by atoms with Crippen LogP contribution in [0.5, 0.6) is 0 Å². The van der Waals surface area contributed by atoms with E-state index in [2.05, 4.69) is 6.58 Å². The number of aliphatic hydroxyl groups excluding tert-OH is 1. The monoisotopic (exact) mass is 130 g/mol. The number of aliphatic hydroxyl groups is 1.